The van der Waals surface area contributed by atoms with E-state index in [4.69, 9.17) is 11.5 Å². The van der Waals surface area contributed by atoms with Gasteiger partial charge < -0.3 is 21.5 Å². The Labute approximate surface area is 123 Å². The van der Waals surface area contributed by atoms with Gasteiger partial charge in [0.05, 0.1) is 11.5 Å². The molecule has 5 N–H and O–H groups in total. The molecule has 2 amide bonds. The molecule has 1 aliphatic rings. The molecule has 2 atom stereocenters. The number of amides is 2. The number of carbonyl (C=O) groups is 2. The molecule has 6 nitrogen and oxygen atoms in total. The number of benzene rings is 1. The number of carbonyl (C=O) groups excluding carboxylic acids is 2. The molecule has 1 aromatic rings. The van der Waals surface area contributed by atoms with Crippen molar-refractivity contribution in [3.05, 3.63) is 29.8 Å². The molecule has 1 saturated heterocycles. The summed E-state index contributed by atoms with van der Waals surface area (Å²) < 4.78 is 0. The van der Waals surface area contributed by atoms with Crippen LogP contribution in [0.3, 0.4) is 0 Å². The lowest BCUT2D eigenvalue weighted by Gasteiger charge is -2.23. The number of phenols is 1. The third-order valence-corrected chi connectivity index (χ3v) is 4.09. The van der Waals surface area contributed by atoms with E-state index in [2.05, 4.69) is 0 Å². The first kappa shape index (κ1) is 15.3. The van der Waals surface area contributed by atoms with E-state index in [0.29, 0.717) is 25.9 Å². The number of hydrogen-bond acceptors (Lipinski definition) is 4. The molecule has 1 heterocycles. The second kappa shape index (κ2) is 5.73. The molecule has 0 bridgehead atoms. The maximum absolute atomic E-state index is 12.3. The number of nitrogens with two attached hydrogens (primary N) is 2. The average molecular weight is 291 g/mol. The maximum Gasteiger partial charge on any atom is 0.239 e. The van der Waals surface area contributed by atoms with Crippen molar-refractivity contribution in [2.75, 3.05) is 13.1 Å². The minimum absolute atomic E-state index is 0.173. The summed E-state index contributed by atoms with van der Waals surface area (Å²) in [5.41, 5.74) is 11.6. The number of likely N-dealkylation sites (tertiary alicyclic amines) is 1. The summed E-state index contributed by atoms with van der Waals surface area (Å²) in [6.07, 6.45) is 0.961. The first-order valence-electron chi connectivity index (χ1n) is 6.94. The van der Waals surface area contributed by atoms with E-state index >= 15 is 0 Å². The van der Waals surface area contributed by atoms with Gasteiger partial charge in [0.25, 0.3) is 0 Å². The van der Waals surface area contributed by atoms with E-state index in [1.807, 2.05) is 0 Å². The number of phenolic OH excluding ortho intramolecular Hbond substituents is 1. The molecule has 1 unspecified atom stereocenters. The van der Waals surface area contributed by atoms with Crippen LogP contribution in [0, 0.1) is 5.41 Å². The van der Waals surface area contributed by atoms with Crippen molar-refractivity contribution in [3.8, 4) is 5.75 Å². The van der Waals surface area contributed by atoms with Crippen LogP contribution in [-0.4, -0.2) is 41.0 Å². The summed E-state index contributed by atoms with van der Waals surface area (Å²) in [4.78, 5) is 25.3. The Bertz CT molecular complexity index is 544. The Balaban J connectivity index is 1.97. The highest BCUT2D eigenvalue weighted by Crippen LogP contribution is 2.29. The minimum Gasteiger partial charge on any atom is -0.508 e. The maximum atomic E-state index is 12.3. The van der Waals surface area contributed by atoms with Gasteiger partial charge in [-0.2, -0.15) is 0 Å². The van der Waals surface area contributed by atoms with Crippen LogP contribution in [0.1, 0.15) is 18.9 Å². The Morgan fingerprint density at radius 1 is 1.38 bits per heavy atom. The molecule has 1 aliphatic heterocycles. The van der Waals surface area contributed by atoms with E-state index in [0.717, 1.165) is 5.56 Å². The van der Waals surface area contributed by atoms with Crippen molar-refractivity contribution in [3.63, 3.8) is 0 Å². The molecule has 1 fully saturated rings. The quantitative estimate of drug-likeness (QED) is 0.724. The smallest absolute Gasteiger partial charge is 0.239 e. The summed E-state index contributed by atoms with van der Waals surface area (Å²) in [6.45, 7) is 2.60. The van der Waals surface area contributed by atoms with E-state index in [-0.39, 0.29) is 17.6 Å². The van der Waals surface area contributed by atoms with Crippen LogP contribution in [-0.2, 0) is 16.0 Å². The normalized spacial score (nSPS) is 23.0. The predicted octanol–water partition coefficient (Wildman–Crippen LogP) is -0.0141. The van der Waals surface area contributed by atoms with E-state index in [1.165, 1.54) is 0 Å². The molecule has 0 radical (unpaired) electrons. The van der Waals surface area contributed by atoms with Gasteiger partial charge in [0.1, 0.15) is 5.75 Å². The van der Waals surface area contributed by atoms with Crippen LogP contribution in [0.15, 0.2) is 24.3 Å². The molecule has 114 valence electrons. The summed E-state index contributed by atoms with van der Waals surface area (Å²) in [5, 5.41) is 9.23. The van der Waals surface area contributed by atoms with Crippen LogP contribution >= 0.6 is 0 Å². The van der Waals surface area contributed by atoms with E-state index in [1.54, 1.807) is 36.1 Å². The van der Waals surface area contributed by atoms with Gasteiger partial charge >= 0.3 is 0 Å². The molecular weight excluding hydrogens is 270 g/mol. The van der Waals surface area contributed by atoms with Crippen molar-refractivity contribution in [1.29, 1.82) is 0 Å². The lowest BCUT2D eigenvalue weighted by Crippen LogP contribution is -2.46. The van der Waals surface area contributed by atoms with Crippen LogP contribution in [0.4, 0.5) is 0 Å². The molecule has 0 aromatic heterocycles. The fourth-order valence-corrected chi connectivity index (χ4v) is 2.56. The van der Waals surface area contributed by atoms with Crippen LogP contribution in [0.25, 0.3) is 0 Å². The van der Waals surface area contributed by atoms with Crippen molar-refractivity contribution >= 4 is 11.8 Å². The SMILES string of the molecule is CC1(C(N)=O)CCN(C(=O)[C@H](N)Cc2ccc(O)cc2)C1. The standard InChI is InChI=1S/C15H21N3O3/c1-15(14(17)21)6-7-18(9-15)13(20)12(16)8-10-2-4-11(19)5-3-10/h2-5,12,19H,6-9,16H2,1H3,(H2,17,21)/t12-,15?/m1/s1. The second-order valence-corrected chi connectivity index (χ2v) is 5.91. The van der Waals surface area contributed by atoms with Gasteiger partial charge in [-0.1, -0.05) is 12.1 Å². The second-order valence-electron chi connectivity index (χ2n) is 5.91. The fraction of sp³-hybridized carbons (Fsp3) is 0.467. The highest BCUT2D eigenvalue weighted by Gasteiger charge is 2.41. The molecular formula is C15H21N3O3. The lowest BCUT2D eigenvalue weighted by molar-refractivity contribution is -0.132. The van der Waals surface area contributed by atoms with Crippen molar-refractivity contribution < 1.29 is 14.7 Å². The minimum atomic E-state index is -0.662. The fourth-order valence-electron chi connectivity index (χ4n) is 2.56. The molecule has 0 saturated carbocycles. The Morgan fingerprint density at radius 2 is 2.00 bits per heavy atom. The van der Waals surface area contributed by atoms with Crippen molar-refractivity contribution in [2.24, 2.45) is 16.9 Å². The summed E-state index contributed by atoms with van der Waals surface area (Å²) in [7, 11) is 0. The average Bonchev–Trinajstić information content (AvgIpc) is 2.84. The summed E-state index contributed by atoms with van der Waals surface area (Å²) >= 11 is 0. The van der Waals surface area contributed by atoms with Crippen molar-refractivity contribution in [2.45, 2.75) is 25.8 Å². The van der Waals surface area contributed by atoms with Gasteiger partial charge in [0.15, 0.2) is 0 Å². The largest absolute Gasteiger partial charge is 0.508 e. The summed E-state index contributed by atoms with van der Waals surface area (Å²) in [5.74, 6) is -0.381. The van der Waals surface area contributed by atoms with E-state index < -0.39 is 11.5 Å². The van der Waals surface area contributed by atoms with Gasteiger partial charge in [-0.15, -0.1) is 0 Å². The first-order chi connectivity index (χ1) is 9.82. The highest BCUT2D eigenvalue weighted by atomic mass is 16.3. The topological polar surface area (TPSA) is 110 Å². The third-order valence-electron chi connectivity index (χ3n) is 4.09. The van der Waals surface area contributed by atoms with Gasteiger partial charge in [0.2, 0.25) is 11.8 Å². The van der Waals surface area contributed by atoms with Crippen molar-refractivity contribution in [1.82, 2.24) is 4.90 Å². The highest BCUT2D eigenvalue weighted by molar-refractivity contribution is 5.86. The van der Waals surface area contributed by atoms with Gasteiger partial charge in [0, 0.05) is 13.1 Å². The Kier molecular flexibility index (Phi) is 4.18. The first-order valence-corrected chi connectivity index (χ1v) is 6.94. The zero-order valence-corrected chi connectivity index (χ0v) is 12.1. The van der Waals surface area contributed by atoms with Gasteiger partial charge in [-0.3, -0.25) is 9.59 Å². The van der Waals surface area contributed by atoms with Crippen LogP contribution in [0.5, 0.6) is 5.75 Å². The number of aromatic hydroxyl groups is 1. The third kappa shape index (κ3) is 3.33. The van der Waals surface area contributed by atoms with Gasteiger partial charge in [-0.25, -0.2) is 0 Å². The number of rotatable bonds is 4. The van der Waals surface area contributed by atoms with Crippen LogP contribution < -0.4 is 11.5 Å². The lowest BCUT2D eigenvalue weighted by atomic mass is 9.89. The Hall–Kier alpha value is -2.08. The molecule has 1 aromatic carbocycles. The number of hydrogen-bond donors (Lipinski definition) is 3. The Morgan fingerprint density at radius 3 is 2.52 bits per heavy atom. The van der Waals surface area contributed by atoms with Gasteiger partial charge in [-0.05, 0) is 37.5 Å². The monoisotopic (exact) mass is 291 g/mol. The molecule has 6 heteroatoms. The molecule has 0 aliphatic carbocycles. The zero-order valence-electron chi connectivity index (χ0n) is 12.1. The van der Waals surface area contributed by atoms with E-state index in [9.17, 15) is 14.7 Å². The number of primary amides is 1. The number of nitrogens with zero attached hydrogens (tertiary/aromatic N) is 1. The molecule has 21 heavy (non-hydrogen) atoms. The predicted molar refractivity (Wildman–Crippen MR) is 78.3 cm³/mol. The van der Waals surface area contributed by atoms with Crippen LogP contribution in [0.2, 0.25) is 0 Å². The molecule has 0 spiro atoms. The zero-order chi connectivity index (χ0) is 15.6. The summed E-state index contributed by atoms with van der Waals surface area (Å²) in [6, 6.07) is 5.93. The molecule has 2 rings (SSSR count).